The molecule has 0 bridgehead atoms. The van der Waals surface area contributed by atoms with E-state index in [0.29, 0.717) is 6.04 Å². The molecule has 0 aromatic heterocycles. The molecular weight excluding hydrogens is 172 g/mol. The summed E-state index contributed by atoms with van der Waals surface area (Å²) < 4.78 is 0. The van der Waals surface area contributed by atoms with E-state index in [1.54, 1.807) is 0 Å². The Morgan fingerprint density at radius 2 is 2.21 bits per heavy atom. The Kier molecular flexibility index (Phi) is 2.85. The number of hydrogen-bond acceptors (Lipinski definition) is 2. The molecule has 1 aromatic rings. The van der Waals surface area contributed by atoms with Gasteiger partial charge in [-0.3, -0.25) is 4.90 Å². The molecule has 1 saturated heterocycles. The Morgan fingerprint density at radius 1 is 1.43 bits per heavy atom. The van der Waals surface area contributed by atoms with Crippen molar-refractivity contribution in [3.8, 4) is 0 Å². The maximum Gasteiger partial charge on any atom is 0.0237 e. The van der Waals surface area contributed by atoms with Crippen molar-refractivity contribution in [2.24, 2.45) is 5.73 Å². The van der Waals surface area contributed by atoms with E-state index < -0.39 is 0 Å². The van der Waals surface area contributed by atoms with Gasteiger partial charge in [-0.15, -0.1) is 0 Å². The third kappa shape index (κ3) is 2.14. The van der Waals surface area contributed by atoms with Crippen molar-refractivity contribution in [3.63, 3.8) is 0 Å². The van der Waals surface area contributed by atoms with Crippen LogP contribution in [0.25, 0.3) is 0 Å². The van der Waals surface area contributed by atoms with Gasteiger partial charge in [0.1, 0.15) is 0 Å². The maximum atomic E-state index is 5.88. The molecule has 1 fully saturated rings. The van der Waals surface area contributed by atoms with E-state index in [1.807, 2.05) is 0 Å². The molecule has 1 aromatic carbocycles. The van der Waals surface area contributed by atoms with E-state index >= 15 is 0 Å². The summed E-state index contributed by atoms with van der Waals surface area (Å²) >= 11 is 0. The number of likely N-dealkylation sites (tertiary alicyclic amines) is 1. The Labute approximate surface area is 85.7 Å². The van der Waals surface area contributed by atoms with Crippen LogP contribution >= 0.6 is 0 Å². The summed E-state index contributed by atoms with van der Waals surface area (Å²) in [4.78, 5) is 2.44. The number of nitrogens with zero attached hydrogens (tertiary/aromatic N) is 1. The quantitative estimate of drug-likeness (QED) is 0.766. The van der Waals surface area contributed by atoms with Crippen LogP contribution in [-0.2, 0) is 6.54 Å². The molecule has 1 aliphatic heterocycles. The van der Waals surface area contributed by atoms with Crippen molar-refractivity contribution >= 4 is 0 Å². The zero-order valence-electron chi connectivity index (χ0n) is 8.74. The molecule has 1 atom stereocenters. The second-order valence-corrected chi connectivity index (χ2v) is 4.21. The summed E-state index contributed by atoms with van der Waals surface area (Å²) in [6.45, 7) is 5.43. The number of hydrogen-bond donors (Lipinski definition) is 1. The van der Waals surface area contributed by atoms with Crippen LogP contribution in [0.2, 0.25) is 0 Å². The molecule has 76 valence electrons. The zero-order valence-corrected chi connectivity index (χ0v) is 8.74. The lowest BCUT2D eigenvalue weighted by Gasteiger charge is -2.16. The van der Waals surface area contributed by atoms with E-state index in [1.165, 1.54) is 11.1 Å². The second-order valence-electron chi connectivity index (χ2n) is 4.21. The molecule has 2 nitrogen and oxygen atoms in total. The standard InChI is InChI=1S/C12H18N2/c1-10-4-2-3-5-11(10)8-14-7-6-12(13)9-14/h2-5,12H,6-9,13H2,1H3/t12-/m1/s1. The van der Waals surface area contributed by atoms with Gasteiger partial charge in [0.25, 0.3) is 0 Å². The Bertz CT molecular complexity index is 309. The van der Waals surface area contributed by atoms with E-state index in [2.05, 4.69) is 36.1 Å². The van der Waals surface area contributed by atoms with E-state index in [-0.39, 0.29) is 0 Å². The van der Waals surface area contributed by atoms with Gasteiger partial charge in [-0.25, -0.2) is 0 Å². The predicted octanol–water partition coefficient (Wildman–Crippen LogP) is 1.53. The topological polar surface area (TPSA) is 29.3 Å². The third-order valence-corrected chi connectivity index (χ3v) is 2.96. The average Bonchev–Trinajstić information content (AvgIpc) is 2.56. The number of benzene rings is 1. The molecule has 0 amide bonds. The highest BCUT2D eigenvalue weighted by Crippen LogP contribution is 2.14. The summed E-state index contributed by atoms with van der Waals surface area (Å²) in [5.74, 6) is 0. The highest BCUT2D eigenvalue weighted by molar-refractivity contribution is 5.25. The molecule has 14 heavy (non-hydrogen) atoms. The van der Waals surface area contributed by atoms with E-state index in [0.717, 1.165) is 26.1 Å². The maximum absolute atomic E-state index is 5.88. The first kappa shape index (κ1) is 9.69. The van der Waals surface area contributed by atoms with Gasteiger partial charge in [0.2, 0.25) is 0 Å². The molecule has 1 aliphatic rings. The minimum Gasteiger partial charge on any atom is -0.326 e. The lowest BCUT2D eigenvalue weighted by Crippen LogP contribution is -2.26. The summed E-state index contributed by atoms with van der Waals surface area (Å²) in [7, 11) is 0. The van der Waals surface area contributed by atoms with E-state index in [9.17, 15) is 0 Å². The van der Waals surface area contributed by atoms with Crippen LogP contribution in [0.15, 0.2) is 24.3 Å². The van der Waals surface area contributed by atoms with Gasteiger partial charge in [0, 0.05) is 25.7 Å². The molecule has 2 rings (SSSR count). The van der Waals surface area contributed by atoms with Gasteiger partial charge >= 0.3 is 0 Å². The van der Waals surface area contributed by atoms with Crippen LogP contribution in [0.5, 0.6) is 0 Å². The third-order valence-electron chi connectivity index (χ3n) is 2.96. The Hall–Kier alpha value is -0.860. The van der Waals surface area contributed by atoms with Crippen LogP contribution in [0.3, 0.4) is 0 Å². The molecule has 2 heteroatoms. The fraction of sp³-hybridized carbons (Fsp3) is 0.500. The number of nitrogens with two attached hydrogens (primary N) is 1. The lowest BCUT2D eigenvalue weighted by molar-refractivity contribution is 0.326. The van der Waals surface area contributed by atoms with Crippen LogP contribution in [0.1, 0.15) is 17.5 Å². The Morgan fingerprint density at radius 3 is 2.86 bits per heavy atom. The second kappa shape index (κ2) is 4.11. The Balaban J connectivity index is 2.01. The first-order chi connectivity index (χ1) is 6.75. The minimum atomic E-state index is 0.388. The molecule has 0 spiro atoms. The molecule has 2 N–H and O–H groups in total. The number of aryl methyl sites for hydroxylation is 1. The van der Waals surface area contributed by atoms with Crippen LogP contribution < -0.4 is 5.73 Å². The number of rotatable bonds is 2. The first-order valence-electron chi connectivity index (χ1n) is 5.28. The van der Waals surface area contributed by atoms with Crippen LogP contribution in [0.4, 0.5) is 0 Å². The van der Waals surface area contributed by atoms with Crippen LogP contribution in [0, 0.1) is 6.92 Å². The molecule has 1 heterocycles. The zero-order chi connectivity index (χ0) is 9.97. The van der Waals surface area contributed by atoms with Gasteiger partial charge < -0.3 is 5.73 Å². The molecule has 0 unspecified atom stereocenters. The lowest BCUT2D eigenvalue weighted by atomic mass is 10.1. The van der Waals surface area contributed by atoms with Gasteiger partial charge in [-0.05, 0) is 24.5 Å². The highest BCUT2D eigenvalue weighted by atomic mass is 15.2. The summed E-state index contributed by atoms with van der Waals surface area (Å²) in [6.07, 6.45) is 1.14. The summed E-state index contributed by atoms with van der Waals surface area (Å²) in [5.41, 5.74) is 8.69. The summed E-state index contributed by atoms with van der Waals surface area (Å²) in [6, 6.07) is 8.97. The summed E-state index contributed by atoms with van der Waals surface area (Å²) in [5, 5.41) is 0. The fourth-order valence-electron chi connectivity index (χ4n) is 2.03. The van der Waals surface area contributed by atoms with Crippen molar-refractivity contribution in [1.29, 1.82) is 0 Å². The van der Waals surface area contributed by atoms with Crippen LogP contribution in [-0.4, -0.2) is 24.0 Å². The van der Waals surface area contributed by atoms with Crippen molar-refractivity contribution in [1.82, 2.24) is 4.90 Å². The molecule has 0 aliphatic carbocycles. The van der Waals surface area contributed by atoms with Gasteiger partial charge in [-0.1, -0.05) is 24.3 Å². The normalized spacial score (nSPS) is 22.9. The van der Waals surface area contributed by atoms with Crippen molar-refractivity contribution in [3.05, 3.63) is 35.4 Å². The highest BCUT2D eigenvalue weighted by Gasteiger charge is 2.18. The SMILES string of the molecule is Cc1ccccc1CN1CC[C@@H](N)C1. The average molecular weight is 190 g/mol. The van der Waals surface area contributed by atoms with Crippen molar-refractivity contribution < 1.29 is 0 Å². The first-order valence-corrected chi connectivity index (χ1v) is 5.28. The van der Waals surface area contributed by atoms with E-state index in [4.69, 9.17) is 5.73 Å². The van der Waals surface area contributed by atoms with Crippen molar-refractivity contribution in [2.75, 3.05) is 13.1 Å². The minimum absolute atomic E-state index is 0.388. The molecular formula is C12H18N2. The van der Waals surface area contributed by atoms with Gasteiger partial charge in [-0.2, -0.15) is 0 Å². The van der Waals surface area contributed by atoms with Gasteiger partial charge in [0.05, 0.1) is 0 Å². The largest absolute Gasteiger partial charge is 0.326 e. The monoisotopic (exact) mass is 190 g/mol. The van der Waals surface area contributed by atoms with Crippen molar-refractivity contribution in [2.45, 2.75) is 25.9 Å². The molecule has 0 radical (unpaired) electrons. The fourth-order valence-corrected chi connectivity index (χ4v) is 2.03. The molecule has 0 saturated carbocycles. The smallest absolute Gasteiger partial charge is 0.0237 e. The predicted molar refractivity (Wildman–Crippen MR) is 59.0 cm³/mol. The van der Waals surface area contributed by atoms with Gasteiger partial charge in [0.15, 0.2) is 0 Å².